The van der Waals surface area contributed by atoms with Crippen molar-refractivity contribution in [3.63, 3.8) is 0 Å². The van der Waals surface area contributed by atoms with E-state index >= 15 is 0 Å². The lowest BCUT2D eigenvalue weighted by atomic mass is 10.0. The lowest BCUT2D eigenvalue weighted by Gasteiger charge is -2.19. The zero-order chi connectivity index (χ0) is 10.6. The van der Waals surface area contributed by atoms with E-state index in [9.17, 15) is 0 Å². The Morgan fingerprint density at radius 2 is 2.29 bits per heavy atom. The first-order valence-electron chi connectivity index (χ1n) is 4.60. The lowest BCUT2D eigenvalue weighted by Crippen LogP contribution is -2.21. The Kier molecular flexibility index (Phi) is 5.09. The van der Waals surface area contributed by atoms with E-state index in [1.807, 2.05) is 7.05 Å². The van der Waals surface area contributed by atoms with E-state index in [1.165, 1.54) is 10.0 Å². The summed E-state index contributed by atoms with van der Waals surface area (Å²) >= 11 is 5.27. The first-order chi connectivity index (χ1) is 6.69. The van der Waals surface area contributed by atoms with Crippen LogP contribution in [0.1, 0.15) is 24.9 Å². The van der Waals surface area contributed by atoms with Crippen LogP contribution >= 0.6 is 27.3 Å². The Morgan fingerprint density at radius 3 is 2.71 bits per heavy atom. The zero-order valence-corrected chi connectivity index (χ0v) is 11.1. The summed E-state index contributed by atoms with van der Waals surface area (Å²) < 4.78 is 6.45. The van der Waals surface area contributed by atoms with Crippen LogP contribution in [0.15, 0.2) is 15.2 Å². The molecule has 0 spiro atoms. The number of rotatable bonds is 5. The van der Waals surface area contributed by atoms with E-state index in [0.29, 0.717) is 6.04 Å². The van der Waals surface area contributed by atoms with Crippen LogP contribution in [-0.2, 0) is 4.74 Å². The lowest BCUT2D eigenvalue weighted by molar-refractivity contribution is 0.101. The number of hydrogen-bond acceptors (Lipinski definition) is 3. The van der Waals surface area contributed by atoms with Crippen molar-refractivity contribution < 1.29 is 4.74 Å². The van der Waals surface area contributed by atoms with Gasteiger partial charge in [0.1, 0.15) is 0 Å². The summed E-state index contributed by atoms with van der Waals surface area (Å²) in [6, 6.07) is 0.366. The van der Waals surface area contributed by atoms with Crippen molar-refractivity contribution in [3.05, 3.63) is 20.8 Å². The highest BCUT2D eigenvalue weighted by Gasteiger charge is 2.16. The summed E-state index contributed by atoms with van der Waals surface area (Å²) in [4.78, 5) is 0. The van der Waals surface area contributed by atoms with Crippen molar-refractivity contribution in [2.24, 2.45) is 0 Å². The molecule has 0 saturated carbocycles. The van der Waals surface area contributed by atoms with Crippen LogP contribution in [0.5, 0.6) is 0 Å². The van der Waals surface area contributed by atoms with Gasteiger partial charge < -0.3 is 10.1 Å². The molecule has 0 aromatic carbocycles. The van der Waals surface area contributed by atoms with Crippen molar-refractivity contribution >= 4 is 27.3 Å². The number of methoxy groups -OCH3 is 1. The topological polar surface area (TPSA) is 21.3 Å². The largest absolute Gasteiger partial charge is 0.382 e. The normalized spacial score (nSPS) is 15.4. The van der Waals surface area contributed by atoms with Crippen molar-refractivity contribution in [1.82, 2.24) is 5.32 Å². The van der Waals surface area contributed by atoms with Gasteiger partial charge in [-0.3, -0.25) is 0 Å². The molecule has 0 radical (unpaired) electrons. The molecule has 0 amide bonds. The van der Waals surface area contributed by atoms with Crippen LogP contribution in [0.25, 0.3) is 0 Å². The molecule has 1 rings (SSSR count). The SMILES string of the molecule is CNC(CC(C)OC)c1cscc1Br. The number of nitrogens with one attached hydrogen (secondary N) is 1. The number of halogens is 1. The van der Waals surface area contributed by atoms with Gasteiger partial charge in [-0.25, -0.2) is 0 Å². The average molecular weight is 278 g/mol. The van der Waals surface area contributed by atoms with E-state index in [-0.39, 0.29) is 6.10 Å². The van der Waals surface area contributed by atoms with Gasteiger partial charge in [0.15, 0.2) is 0 Å². The summed E-state index contributed by atoms with van der Waals surface area (Å²) in [5.74, 6) is 0. The number of ether oxygens (including phenoxy) is 1. The minimum Gasteiger partial charge on any atom is -0.382 e. The molecule has 80 valence electrons. The van der Waals surface area contributed by atoms with Gasteiger partial charge in [-0.15, -0.1) is 0 Å². The van der Waals surface area contributed by atoms with Crippen LogP contribution in [0.3, 0.4) is 0 Å². The smallest absolute Gasteiger partial charge is 0.0561 e. The summed E-state index contributed by atoms with van der Waals surface area (Å²) in [6.07, 6.45) is 1.27. The Morgan fingerprint density at radius 1 is 1.57 bits per heavy atom. The van der Waals surface area contributed by atoms with Crippen LogP contribution in [0.4, 0.5) is 0 Å². The molecule has 0 saturated heterocycles. The minimum atomic E-state index is 0.277. The minimum absolute atomic E-state index is 0.277. The van der Waals surface area contributed by atoms with Gasteiger partial charge in [0.25, 0.3) is 0 Å². The second kappa shape index (κ2) is 5.85. The summed E-state index contributed by atoms with van der Waals surface area (Å²) in [7, 11) is 3.73. The molecule has 0 bridgehead atoms. The Bertz CT molecular complexity index is 277. The standard InChI is InChI=1S/C10H16BrNOS/c1-7(13-3)4-10(12-2)8-5-14-6-9(8)11/h5-7,10,12H,4H2,1-3H3. The van der Waals surface area contributed by atoms with E-state index < -0.39 is 0 Å². The van der Waals surface area contributed by atoms with Crippen LogP contribution in [-0.4, -0.2) is 20.3 Å². The highest BCUT2D eigenvalue weighted by Crippen LogP contribution is 2.29. The third-order valence-corrected chi connectivity index (χ3v) is 4.09. The molecule has 2 atom stereocenters. The average Bonchev–Trinajstić information content (AvgIpc) is 2.60. The van der Waals surface area contributed by atoms with E-state index in [2.05, 4.69) is 38.9 Å². The number of hydrogen-bond donors (Lipinski definition) is 1. The zero-order valence-electron chi connectivity index (χ0n) is 8.71. The predicted molar refractivity (Wildman–Crippen MR) is 64.9 cm³/mol. The molecule has 0 aliphatic heterocycles. The van der Waals surface area contributed by atoms with Gasteiger partial charge in [0.2, 0.25) is 0 Å². The maximum Gasteiger partial charge on any atom is 0.0561 e. The Balaban J connectivity index is 2.67. The predicted octanol–water partition coefficient (Wildman–Crippen LogP) is 3.20. The fourth-order valence-electron chi connectivity index (χ4n) is 1.37. The van der Waals surface area contributed by atoms with Crippen molar-refractivity contribution in [3.8, 4) is 0 Å². The monoisotopic (exact) mass is 277 g/mol. The Labute approximate surface area is 97.8 Å². The van der Waals surface area contributed by atoms with Gasteiger partial charge in [-0.2, -0.15) is 11.3 Å². The summed E-state index contributed by atoms with van der Waals surface area (Å²) in [5, 5.41) is 7.59. The molecule has 0 aliphatic rings. The second-order valence-electron chi connectivity index (χ2n) is 3.30. The molecule has 1 heterocycles. The summed E-state index contributed by atoms with van der Waals surface area (Å²) in [5.41, 5.74) is 1.32. The quantitative estimate of drug-likeness (QED) is 0.893. The van der Waals surface area contributed by atoms with Crippen molar-refractivity contribution in [1.29, 1.82) is 0 Å². The highest BCUT2D eigenvalue weighted by molar-refractivity contribution is 9.10. The molecule has 2 unspecified atom stereocenters. The number of thiophene rings is 1. The van der Waals surface area contributed by atoms with E-state index in [0.717, 1.165) is 6.42 Å². The third-order valence-electron chi connectivity index (χ3n) is 2.34. The van der Waals surface area contributed by atoms with Gasteiger partial charge in [-0.05, 0) is 47.3 Å². The first kappa shape index (κ1) is 12.2. The summed E-state index contributed by atoms with van der Waals surface area (Å²) in [6.45, 7) is 2.09. The maximum absolute atomic E-state index is 5.27. The molecular formula is C10H16BrNOS. The van der Waals surface area contributed by atoms with Gasteiger partial charge >= 0.3 is 0 Å². The highest BCUT2D eigenvalue weighted by atomic mass is 79.9. The molecule has 4 heteroatoms. The molecule has 0 fully saturated rings. The molecule has 1 aromatic heterocycles. The third kappa shape index (κ3) is 3.05. The van der Waals surface area contributed by atoms with Crippen LogP contribution in [0.2, 0.25) is 0 Å². The van der Waals surface area contributed by atoms with E-state index in [4.69, 9.17) is 4.74 Å². The van der Waals surface area contributed by atoms with Crippen LogP contribution < -0.4 is 5.32 Å². The van der Waals surface area contributed by atoms with Crippen molar-refractivity contribution in [2.45, 2.75) is 25.5 Å². The van der Waals surface area contributed by atoms with Gasteiger partial charge in [0.05, 0.1) is 6.10 Å². The maximum atomic E-state index is 5.27. The van der Waals surface area contributed by atoms with Gasteiger partial charge in [0, 0.05) is 23.0 Å². The molecular weight excluding hydrogens is 262 g/mol. The molecule has 1 aromatic rings. The second-order valence-corrected chi connectivity index (χ2v) is 4.90. The van der Waals surface area contributed by atoms with E-state index in [1.54, 1.807) is 18.4 Å². The fourth-order valence-corrected chi connectivity index (χ4v) is 3.00. The fraction of sp³-hybridized carbons (Fsp3) is 0.600. The Hall–Kier alpha value is 0.100. The first-order valence-corrected chi connectivity index (χ1v) is 6.34. The van der Waals surface area contributed by atoms with Crippen LogP contribution in [0, 0.1) is 0 Å². The molecule has 0 aliphatic carbocycles. The molecule has 14 heavy (non-hydrogen) atoms. The molecule has 2 nitrogen and oxygen atoms in total. The van der Waals surface area contributed by atoms with Crippen molar-refractivity contribution in [2.75, 3.05) is 14.2 Å². The van der Waals surface area contributed by atoms with Gasteiger partial charge in [-0.1, -0.05) is 0 Å². The molecule has 1 N–H and O–H groups in total.